The normalized spacial score (nSPS) is 24.6. The topological polar surface area (TPSA) is 34.2 Å². The van der Waals surface area contributed by atoms with Crippen LogP contribution in [-0.2, 0) is 11.3 Å². The number of pyridine rings is 1. The van der Waals surface area contributed by atoms with Gasteiger partial charge < -0.3 is 10.1 Å². The van der Waals surface area contributed by atoms with E-state index < -0.39 is 0 Å². The maximum atomic E-state index is 5.99. The minimum absolute atomic E-state index is 0.420. The van der Waals surface area contributed by atoms with E-state index in [0.717, 1.165) is 11.4 Å². The summed E-state index contributed by atoms with van der Waals surface area (Å²) < 4.78 is 5.99. The van der Waals surface area contributed by atoms with Crippen LogP contribution in [0.2, 0.25) is 0 Å². The summed E-state index contributed by atoms with van der Waals surface area (Å²) in [4.78, 5) is 4.33. The second-order valence-corrected chi connectivity index (χ2v) is 4.90. The van der Waals surface area contributed by atoms with E-state index in [1.165, 1.54) is 25.7 Å². The van der Waals surface area contributed by atoms with Crippen LogP contribution in [0, 0.1) is 5.92 Å². The van der Waals surface area contributed by atoms with E-state index in [1.54, 1.807) is 0 Å². The molecule has 3 nitrogen and oxygen atoms in total. The van der Waals surface area contributed by atoms with Gasteiger partial charge in [-0.3, -0.25) is 4.98 Å². The zero-order chi connectivity index (χ0) is 12.1. The smallest absolute Gasteiger partial charge is 0.0892 e. The highest BCUT2D eigenvalue weighted by molar-refractivity contribution is 5.42. The Morgan fingerprint density at radius 1 is 1.41 bits per heavy atom. The number of nitrogens with zero attached hydrogens (tertiary/aromatic N) is 1. The SMILES string of the molecule is CNc1ccnc(COC2CCCCC2C)c1. The van der Waals surface area contributed by atoms with E-state index >= 15 is 0 Å². The highest BCUT2D eigenvalue weighted by Crippen LogP contribution is 2.26. The Bertz CT molecular complexity index is 354. The van der Waals surface area contributed by atoms with Gasteiger partial charge in [-0.15, -0.1) is 0 Å². The van der Waals surface area contributed by atoms with Crippen molar-refractivity contribution in [3.05, 3.63) is 24.0 Å². The van der Waals surface area contributed by atoms with Crippen molar-refractivity contribution < 1.29 is 4.74 Å². The van der Waals surface area contributed by atoms with Gasteiger partial charge in [0.1, 0.15) is 0 Å². The van der Waals surface area contributed by atoms with Gasteiger partial charge in [-0.25, -0.2) is 0 Å². The third-order valence-electron chi connectivity index (χ3n) is 3.58. The van der Waals surface area contributed by atoms with Crippen LogP contribution in [0.1, 0.15) is 38.3 Å². The van der Waals surface area contributed by atoms with Crippen LogP contribution in [-0.4, -0.2) is 18.1 Å². The van der Waals surface area contributed by atoms with Gasteiger partial charge in [-0.1, -0.05) is 19.8 Å². The summed E-state index contributed by atoms with van der Waals surface area (Å²) in [6.07, 6.45) is 7.41. The second kappa shape index (κ2) is 6.01. The summed E-state index contributed by atoms with van der Waals surface area (Å²) in [7, 11) is 1.92. The highest BCUT2D eigenvalue weighted by atomic mass is 16.5. The number of hydrogen-bond acceptors (Lipinski definition) is 3. The van der Waals surface area contributed by atoms with Gasteiger partial charge in [0.15, 0.2) is 0 Å². The van der Waals surface area contributed by atoms with E-state index in [4.69, 9.17) is 4.74 Å². The molecule has 0 radical (unpaired) electrons. The van der Waals surface area contributed by atoms with Gasteiger partial charge in [-0.05, 0) is 30.9 Å². The van der Waals surface area contributed by atoms with Crippen molar-refractivity contribution in [3.8, 4) is 0 Å². The summed E-state index contributed by atoms with van der Waals surface area (Å²) >= 11 is 0. The van der Waals surface area contributed by atoms with Crippen LogP contribution in [0.25, 0.3) is 0 Å². The third kappa shape index (κ3) is 3.43. The van der Waals surface area contributed by atoms with E-state index in [-0.39, 0.29) is 0 Å². The van der Waals surface area contributed by atoms with Crippen molar-refractivity contribution in [1.29, 1.82) is 0 Å². The van der Waals surface area contributed by atoms with E-state index in [1.807, 2.05) is 25.4 Å². The molecule has 0 bridgehead atoms. The van der Waals surface area contributed by atoms with Gasteiger partial charge in [0.2, 0.25) is 0 Å². The second-order valence-electron chi connectivity index (χ2n) is 4.90. The maximum Gasteiger partial charge on any atom is 0.0892 e. The molecule has 1 aliphatic carbocycles. The standard InChI is InChI=1S/C14H22N2O/c1-11-5-3-4-6-14(11)17-10-13-9-12(15-2)7-8-16-13/h7-9,11,14H,3-6,10H2,1-2H3,(H,15,16). The predicted octanol–water partition coefficient (Wildman–Crippen LogP) is 3.22. The molecule has 3 heteroatoms. The molecule has 1 aliphatic rings. The van der Waals surface area contributed by atoms with Crippen molar-refractivity contribution in [1.82, 2.24) is 4.98 Å². The molecular formula is C14H22N2O. The molecule has 0 amide bonds. The number of rotatable bonds is 4. The molecule has 1 fully saturated rings. The number of aromatic nitrogens is 1. The van der Waals surface area contributed by atoms with Gasteiger partial charge in [0.25, 0.3) is 0 Å². The van der Waals surface area contributed by atoms with Crippen molar-refractivity contribution >= 4 is 5.69 Å². The van der Waals surface area contributed by atoms with Gasteiger partial charge in [0, 0.05) is 18.9 Å². The lowest BCUT2D eigenvalue weighted by Gasteiger charge is -2.28. The number of hydrogen-bond donors (Lipinski definition) is 1. The van der Waals surface area contributed by atoms with Crippen LogP contribution in [0.5, 0.6) is 0 Å². The zero-order valence-corrected chi connectivity index (χ0v) is 10.8. The van der Waals surface area contributed by atoms with Crippen LogP contribution < -0.4 is 5.32 Å². The van der Waals surface area contributed by atoms with Crippen LogP contribution in [0.3, 0.4) is 0 Å². The average Bonchev–Trinajstić information content (AvgIpc) is 2.38. The molecule has 1 aromatic rings. The van der Waals surface area contributed by atoms with Crippen molar-refractivity contribution in [2.75, 3.05) is 12.4 Å². The van der Waals surface area contributed by atoms with Crippen molar-refractivity contribution in [2.24, 2.45) is 5.92 Å². The fourth-order valence-electron chi connectivity index (χ4n) is 2.43. The molecule has 0 aliphatic heterocycles. The molecule has 2 rings (SSSR count). The molecule has 1 saturated carbocycles. The predicted molar refractivity (Wildman–Crippen MR) is 70.0 cm³/mol. The summed E-state index contributed by atoms with van der Waals surface area (Å²) in [6, 6.07) is 4.01. The quantitative estimate of drug-likeness (QED) is 0.868. The summed E-state index contributed by atoms with van der Waals surface area (Å²) in [6.45, 7) is 2.92. The Hall–Kier alpha value is -1.09. The lowest BCUT2D eigenvalue weighted by Crippen LogP contribution is -2.25. The largest absolute Gasteiger partial charge is 0.388 e. The molecule has 1 N–H and O–H groups in total. The minimum atomic E-state index is 0.420. The van der Waals surface area contributed by atoms with Gasteiger partial charge >= 0.3 is 0 Å². The lowest BCUT2D eigenvalue weighted by atomic mass is 9.88. The molecule has 0 spiro atoms. The minimum Gasteiger partial charge on any atom is -0.388 e. The van der Waals surface area contributed by atoms with Crippen LogP contribution in [0.4, 0.5) is 5.69 Å². The molecule has 1 heterocycles. The number of nitrogens with one attached hydrogen (secondary N) is 1. The summed E-state index contributed by atoms with van der Waals surface area (Å²) in [5, 5.41) is 3.12. The molecule has 17 heavy (non-hydrogen) atoms. The Kier molecular flexibility index (Phi) is 4.37. The highest BCUT2D eigenvalue weighted by Gasteiger charge is 2.21. The Morgan fingerprint density at radius 2 is 2.24 bits per heavy atom. The molecule has 94 valence electrons. The van der Waals surface area contributed by atoms with Crippen molar-refractivity contribution in [2.45, 2.75) is 45.3 Å². The summed E-state index contributed by atoms with van der Waals surface area (Å²) in [5.74, 6) is 0.691. The van der Waals surface area contributed by atoms with E-state index in [0.29, 0.717) is 18.6 Å². The van der Waals surface area contributed by atoms with Crippen molar-refractivity contribution in [3.63, 3.8) is 0 Å². The van der Waals surface area contributed by atoms with Gasteiger partial charge in [-0.2, -0.15) is 0 Å². The fraction of sp³-hybridized carbons (Fsp3) is 0.643. The number of ether oxygens (including phenoxy) is 1. The van der Waals surface area contributed by atoms with E-state index in [2.05, 4.69) is 17.2 Å². The maximum absolute atomic E-state index is 5.99. The monoisotopic (exact) mass is 234 g/mol. The Balaban J connectivity index is 1.88. The molecular weight excluding hydrogens is 212 g/mol. The van der Waals surface area contributed by atoms with Crippen LogP contribution in [0.15, 0.2) is 18.3 Å². The fourth-order valence-corrected chi connectivity index (χ4v) is 2.43. The Labute approximate surface area is 104 Å². The van der Waals surface area contributed by atoms with Gasteiger partial charge in [0.05, 0.1) is 18.4 Å². The molecule has 1 aromatic heterocycles. The van der Waals surface area contributed by atoms with E-state index in [9.17, 15) is 0 Å². The molecule has 2 atom stereocenters. The van der Waals surface area contributed by atoms with Crippen LogP contribution >= 0.6 is 0 Å². The molecule has 2 unspecified atom stereocenters. The molecule has 0 saturated heterocycles. The first kappa shape index (κ1) is 12.4. The molecule has 0 aromatic carbocycles. The Morgan fingerprint density at radius 3 is 3.00 bits per heavy atom. The lowest BCUT2D eigenvalue weighted by molar-refractivity contribution is -0.0167. The average molecular weight is 234 g/mol. The zero-order valence-electron chi connectivity index (χ0n) is 10.8. The first-order valence-corrected chi connectivity index (χ1v) is 6.54. The third-order valence-corrected chi connectivity index (χ3v) is 3.58. The first-order chi connectivity index (χ1) is 8.29. The summed E-state index contributed by atoms with van der Waals surface area (Å²) in [5.41, 5.74) is 2.10. The first-order valence-electron chi connectivity index (χ1n) is 6.54. The number of anilines is 1.